The molecular weight excluding hydrogens is 222 g/mol. The van der Waals surface area contributed by atoms with Crippen molar-refractivity contribution < 1.29 is 0 Å². The Balaban J connectivity index is 1.86. The minimum Gasteiger partial charge on any atom is -0.370 e. The van der Waals surface area contributed by atoms with E-state index in [1.54, 1.807) is 0 Å². The maximum absolute atomic E-state index is 6.19. The molecule has 0 aromatic rings. The minimum absolute atomic E-state index is 0.498. The van der Waals surface area contributed by atoms with Crippen LogP contribution in [-0.2, 0) is 0 Å². The molecule has 2 N–H and O–H groups in total. The lowest BCUT2D eigenvalue weighted by atomic mass is 9.78. The number of nitrogens with two attached hydrogens (primary N) is 1. The van der Waals surface area contributed by atoms with E-state index in [0.717, 1.165) is 19.0 Å². The molecule has 1 saturated heterocycles. The van der Waals surface area contributed by atoms with Crippen LogP contribution in [0, 0.1) is 5.41 Å². The van der Waals surface area contributed by atoms with Gasteiger partial charge in [-0.3, -0.25) is 0 Å². The van der Waals surface area contributed by atoms with Crippen molar-refractivity contribution in [3.05, 3.63) is 0 Å². The van der Waals surface area contributed by atoms with E-state index >= 15 is 0 Å². The Kier molecular flexibility index (Phi) is 4.52. The number of rotatable bonds is 2. The van der Waals surface area contributed by atoms with E-state index in [9.17, 15) is 0 Å². The third-order valence-electron chi connectivity index (χ3n) is 5.04. The van der Waals surface area contributed by atoms with Gasteiger partial charge in [-0.25, -0.2) is 4.99 Å². The van der Waals surface area contributed by atoms with Crippen molar-refractivity contribution in [2.75, 3.05) is 13.1 Å². The van der Waals surface area contributed by atoms with Gasteiger partial charge in [0, 0.05) is 13.1 Å². The summed E-state index contributed by atoms with van der Waals surface area (Å²) in [7, 11) is 0. The Bertz CT molecular complexity index is 284. The lowest BCUT2D eigenvalue weighted by molar-refractivity contribution is 0.161. The van der Waals surface area contributed by atoms with Crippen LogP contribution in [0.2, 0.25) is 0 Å². The molecule has 0 unspecified atom stereocenters. The second-order valence-corrected chi connectivity index (χ2v) is 6.43. The number of guanidine groups is 1. The molecular formula is C15H29N3. The van der Waals surface area contributed by atoms with Crippen molar-refractivity contribution >= 4 is 5.96 Å². The second kappa shape index (κ2) is 5.94. The molecule has 2 fully saturated rings. The summed E-state index contributed by atoms with van der Waals surface area (Å²) in [6.07, 6.45) is 10.3. The Morgan fingerprint density at radius 2 is 1.83 bits per heavy atom. The van der Waals surface area contributed by atoms with Gasteiger partial charge in [-0.15, -0.1) is 0 Å². The summed E-state index contributed by atoms with van der Waals surface area (Å²) in [5.74, 6) is 0.806. The average Bonchev–Trinajstić information content (AvgIpc) is 2.40. The fourth-order valence-electron chi connectivity index (χ4n) is 3.11. The molecule has 2 rings (SSSR count). The van der Waals surface area contributed by atoms with Crippen LogP contribution >= 0.6 is 0 Å². The number of hydrogen-bond donors (Lipinski definition) is 1. The number of hydrogen-bond acceptors (Lipinski definition) is 1. The van der Waals surface area contributed by atoms with E-state index in [0.29, 0.717) is 11.5 Å². The molecule has 3 heteroatoms. The van der Waals surface area contributed by atoms with E-state index in [4.69, 9.17) is 10.7 Å². The number of nitrogens with zero attached hydrogens (tertiary/aromatic N) is 2. The first-order valence-electron chi connectivity index (χ1n) is 7.71. The van der Waals surface area contributed by atoms with Crippen molar-refractivity contribution in [1.29, 1.82) is 0 Å². The maximum Gasteiger partial charge on any atom is 0.191 e. The van der Waals surface area contributed by atoms with Crippen LogP contribution in [0.4, 0.5) is 0 Å². The van der Waals surface area contributed by atoms with Crippen molar-refractivity contribution in [3.8, 4) is 0 Å². The Hall–Kier alpha value is -0.730. The van der Waals surface area contributed by atoms with Crippen LogP contribution in [0.15, 0.2) is 4.99 Å². The fraction of sp³-hybridized carbons (Fsp3) is 0.933. The molecule has 1 heterocycles. The van der Waals surface area contributed by atoms with Gasteiger partial charge in [0.25, 0.3) is 0 Å². The van der Waals surface area contributed by atoms with Gasteiger partial charge in [0.1, 0.15) is 0 Å². The first-order chi connectivity index (χ1) is 8.63. The van der Waals surface area contributed by atoms with Gasteiger partial charge in [-0.1, -0.05) is 39.5 Å². The highest BCUT2D eigenvalue weighted by Crippen LogP contribution is 2.33. The molecule has 0 atom stereocenters. The Morgan fingerprint density at radius 1 is 1.22 bits per heavy atom. The number of aliphatic imine (C=N–C) groups is 1. The zero-order valence-corrected chi connectivity index (χ0v) is 12.1. The van der Waals surface area contributed by atoms with Gasteiger partial charge < -0.3 is 10.6 Å². The highest BCUT2D eigenvalue weighted by molar-refractivity contribution is 5.78. The van der Waals surface area contributed by atoms with E-state index in [2.05, 4.69) is 18.7 Å². The molecule has 0 spiro atoms. The summed E-state index contributed by atoms with van der Waals surface area (Å²) >= 11 is 0. The van der Waals surface area contributed by atoms with Crippen LogP contribution in [0.25, 0.3) is 0 Å². The first kappa shape index (κ1) is 13.7. The molecule has 0 aromatic heterocycles. The van der Waals surface area contributed by atoms with Crippen LogP contribution in [0.5, 0.6) is 0 Å². The Labute approximate surface area is 112 Å². The third kappa shape index (κ3) is 3.39. The summed E-state index contributed by atoms with van der Waals surface area (Å²) in [4.78, 5) is 7.05. The summed E-state index contributed by atoms with van der Waals surface area (Å²) in [5.41, 5.74) is 6.71. The van der Waals surface area contributed by atoms with Gasteiger partial charge >= 0.3 is 0 Å². The third-order valence-corrected chi connectivity index (χ3v) is 5.04. The SMILES string of the molecule is CCC1(C)CCN(C(N)=NC2CCCCC2)CC1. The van der Waals surface area contributed by atoms with Crippen LogP contribution in [0.3, 0.4) is 0 Å². The second-order valence-electron chi connectivity index (χ2n) is 6.43. The topological polar surface area (TPSA) is 41.6 Å². The van der Waals surface area contributed by atoms with Gasteiger partial charge in [0.15, 0.2) is 5.96 Å². The van der Waals surface area contributed by atoms with Gasteiger partial charge in [0.05, 0.1) is 6.04 Å². The minimum atomic E-state index is 0.498. The average molecular weight is 251 g/mol. The van der Waals surface area contributed by atoms with E-state index in [-0.39, 0.29) is 0 Å². The lowest BCUT2D eigenvalue weighted by Gasteiger charge is -2.39. The van der Waals surface area contributed by atoms with Crippen molar-refractivity contribution in [2.45, 2.75) is 71.3 Å². The molecule has 104 valence electrons. The molecule has 18 heavy (non-hydrogen) atoms. The highest BCUT2D eigenvalue weighted by atomic mass is 15.3. The zero-order valence-electron chi connectivity index (χ0n) is 12.1. The predicted octanol–water partition coefficient (Wildman–Crippen LogP) is 3.15. The standard InChI is InChI=1S/C15H29N3/c1-3-15(2)9-11-18(12-10-15)14(16)17-13-7-5-4-6-8-13/h13H,3-12H2,1-2H3,(H2,16,17). The smallest absolute Gasteiger partial charge is 0.191 e. The largest absolute Gasteiger partial charge is 0.370 e. The lowest BCUT2D eigenvalue weighted by Crippen LogP contribution is -2.46. The summed E-state index contributed by atoms with van der Waals surface area (Å²) in [6.45, 7) is 6.88. The fourth-order valence-corrected chi connectivity index (χ4v) is 3.11. The first-order valence-corrected chi connectivity index (χ1v) is 7.71. The summed E-state index contributed by atoms with van der Waals surface area (Å²) in [5, 5.41) is 0. The number of piperidine rings is 1. The zero-order chi connectivity index (χ0) is 13.0. The molecule has 1 aliphatic heterocycles. The summed E-state index contributed by atoms with van der Waals surface area (Å²) in [6, 6.07) is 0.498. The normalized spacial score (nSPS) is 26.3. The van der Waals surface area contributed by atoms with E-state index in [1.807, 2.05) is 0 Å². The molecule has 2 aliphatic rings. The van der Waals surface area contributed by atoms with Crippen LogP contribution in [0.1, 0.15) is 65.2 Å². The van der Waals surface area contributed by atoms with Crippen molar-refractivity contribution in [2.24, 2.45) is 16.1 Å². The van der Waals surface area contributed by atoms with E-state index in [1.165, 1.54) is 51.4 Å². The van der Waals surface area contributed by atoms with Crippen molar-refractivity contribution in [1.82, 2.24) is 4.90 Å². The van der Waals surface area contributed by atoms with Gasteiger partial charge in [-0.05, 0) is 31.1 Å². The monoisotopic (exact) mass is 251 g/mol. The van der Waals surface area contributed by atoms with Crippen LogP contribution < -0.4 is 5.73 Å². The van der Waals surface area contributed by atoms with Crippen molar-refractivity contribution in [3.63, 3.8) is 0 Å². The van der Waals surface area contributed by atoms with E-state index < -0.39 is 0 Å². The van der Waals surface area contributed by atoms with Gasteiger partial charge in [0.2, 0.25) is 0 Å². The van der Waals surface area contributed by atoms with Crippen LogP contribution in [-0.4, -0.2) is 30.0 Å². The molecule has 0 aromatic carbocycles. The Morgan fingerprint density at radius 3 is 2.39 bits per heavy atom. The maximum atomic E-state index is 6.19. The predicted molar refractivity (Wildman–Crippen MR) is 77.7 cm³/mol. The quantitative estimate of drug-likeness (QED) is 0.605. The summed E-state index contributed by atoms with van der Waals surface area (Å²) < 4.78 is 0. The van der Waals surface area contributed by atoms with Gasteiger partial charge in [-0.2, -0.15) is 0 Å². The highest BCUT2D eigenvalue weighted by Gasteiger charge is 2.29. The molecule has 3 nitrogen and oxygen atoms in total. The molecule has 0 amide bonds. The molecule has 1 saturated carbocycles. The molecule has 1 aliphatic carbocycles. The molecule has 0 bridgehead atoms. The molecule has 0 radical (unpaired) electrons. The number of likely N-dealkylation sites (tertiary alicyclic amines) is 1.